The van der Waals surface area contributed by atoms with Crippen LogP contribution in [0.1, 0.15) is 49.2 Å². The summed E-state index contributed by atoms with van der Waals surface area (Å²) in [6, 6.07) is 17.8. The Kier molecular flexibility index (Phi) is 4.89. The van der Waals surface area contributed by atoms with Crippen molar-refractivity contribution >= 4 is 11.5 Å². The van der Waals surface area contributed by atoms with Crippen LogP contribution in [0.5, 0.6) is 0 Å². The Labute approximate surface area is 150 Å². The number of allylic oxidation sites excluding steroid dienone is 4. The van der Waals surface area contributed by atoms with Crippen LogP contribution in [-0.2, 0) is 6.54 Å². The monoisotopic (exact) mass is 331 g/mol. The summed E-state index contributed by atoms with van der Waals surface area (Å²) in [4.78, 5) is 12.4. The molecule has 128 valence electrons. The lowest BCUT2D eigenvalue weighted by Gasteiger charge is -2.17. The van der Waals surface area contributed by atoms with Crippen molar-refractivity contribution in [2.24, 2.45) is 5.92 Å². The van der Waals surface area contributed by atoms with Crippen molar-refractivity contribution in [2.45, 2.75) is 34.2 Å². The summed E-state index contributed by atoms with van der Waals surface area (Å²) in [7, 11) is 0. The zero-order valence-corrected chi connectivity index (χ0v) is 15.4. The molecule has 2 nitrogen and oxygen atoms in total. The molecule has 1 unspecified atom stereocenters. The quantitative estimate of drug-likeness (QED) is 0.801. The van der Waals surface area contributed by atoms with Crippen molar-refractivity contribution in [3.8, 4) is 0 Å². The van der Waals surface area contributed by atoms with Gasteiger partial charge in [0.2, 0.25) is 0 Å². The number of hydrogen-bond donors (Lipinski definition) is 1. The first-order valence-electron chi connectivity index (χ1n) is 8.80. The second-order valence-corrected chi connectivity index (χ2v) is 6.77. The fourth-order valence-corrected chi connectivity index (χ4v) is 3.60. The average molecular weight is 331 g/mol. The fraction of sp³-hybridized carbons (Fsp3) is 0.261. The third kappa shape index (κ3) is 3.30. The molecule has 0 fully saturated rings. The molecule has 1 amide bonds. The molecule has 2 aromatic carbocycles. The van der Waals surface area contributed by atoms with Gasteiger partial charge in [0.1, 0.15) is 0 Å². The number of hydrogen-bond acceptors (Lipinski definition) is 1. The van der Waals surface area contributed by atoms with E-state index in [1.165, 1.54) is 27.9 Å². The Morgan fingerprint density at radius 3 is 2.20 bits per heavy atom. The predicted octanol–water partition coefficient (Wildman–Crippen LogP) is 5.38. The van der Waals surface area contributed by atoms with Gasteiger partial charge in [-0.15, -0.1) is 0 Å². The highest BCUT2D eigenvalue weighted by molar-refractivity contribution is 5.94. The molecule has 2 heteroatoms. The Morgan fingerprint density at radius 1 is 0.920 bits per heavy atom. The van der Waals surface area contributed by atoms with Crippen LogP contribution >= 0.6 is 0 Å². The molecule has 0 saturated carbocycles. The number of nitrogens with one attached hydrogen (secondary N) is 1. The highest BCUT2D eigenvalue weighted by atomic mass is 16.1. The molecule has 1 N–H and O–H groups in total. The number of rotatable bonds is 4. The van der Waals surface area contributed by atoms with Gasteiger partial charge >= 0.3 is 0 Å². The van der Waals surface area contributed by atoms with E-state index < -0.39 is 0 Å². The molecule has 1 aliphatic carbocycles. The normalized spacial score (nSPS) is 17.2. The summed E-state index contributed by atoms with van der Waals surface area (Å²) in [5, 5.41) is 3.06. The third-order valence-electron chi connectivity index (χ3n) is 5.42. The second-order valence-electron chi connectivity index (χ2n) is 6.77. The van der Waals surface area contributed by atoms with Gasteiger partial charge in [-0.3, -0.25) is 4.79 Å². The summed E-state index contributed by atoms with van der Waals surface area (Å²) in [6.07, 6.45) is 0. The molecular weight excluding hydrogens is 306 g/mol. The van der Waals surface area contributed by atoms with Gasteiger partial charge in [0.15, 0.2) is 0 Å². The van der Waals surface area contributed by atoms with Crippen LogP contribution in [0.15, 0.2) is 71.3 Å². The first-order valence-corrected chi connectivity index (χ1v) is 8.80. The molecule has 0 saturated heterocycles. The zero-order chi connectivity index (χ0) is 18.0. The molecule has 0 radical (unpaired) electrons. The van der Waals surface area contributed by atoms with Crippen LogP contribution < -0.4 is 5.32 Å². The molecule has 0 aromatic heterocycles. The highest BCUT2D eigenvalue weighted by Gasteiger charge is 2.25. The van der Waals surface area contributed by atoms with E-state index in [0.29, 0.717) is 18.0 Å². The Hall–Kier alpha value is -2.61. The van der Waals surface area contributed by atoms with Gasteiger partial charge in [-0.05, 0) is 60.8 Å². The molecule has 0 spiro atoms. The maximum absolute atomic E-state index is 12.4. The number of benzene rings is 2. The van der Waals surface area contributed by atoms with Crippen LogP contribution in [0.4, 0.5) is 0 Å². The first kappa shape index (κ1) is 17.2. The summed E-state index contributed by atoms with van der Waals surface area (Å²) in [5.41, 5.74) is 8.69. The minimum Gasteiger partial charge on any atom is -0.348 e. The maximum atomic E-state index is 12.4. The van der Waals surface area contributed by atoms with Crippen molar-refractivity contribution in [3.05, 3.63) is 88.0 Å². The van der Waals surface area contributed by atoms with E-state index in [9.17, 15) is 4.79 Å². The van der Waals surface area contributed by atoms with E-state index in [1.807, 2.05) is 36.4 Å². The number of amides is 1. The molecule has 3 rings (SSSR count). The topological polar surface area (TPSA) is 29.1 Å². The summed E-state index contributed by atoms with van der Waals surface area (Å²) in [5.74, 6) is 0.386. The lowest BCUT2D eigenvalue weighted by Crippen LogP contribution is -2.23. The zero-order valence-electron chi connectivity index (χ0n) is 15.4. The van der Waals surface area contributed by atoms with E-state index in [4.69, 9.17) is 0 Å². The molecule has 1 atom stereocenters. The van der Waals surface area contributed by atoms with E-state index in [-0.39, 0.29) is 5.91 Å². The number of carbonyl (C=O) groups is 1. The standard InChI is InChI=1S/C23H25NO/c1-15-16(2)18(4)22(17(15)3)21-13-9-8-12-20(21)14-24-23(25)19-10-6-5-7-11-19/h5-13,17H,14H2,1-4H3,(H,24,25). The minimum absolute atomic E-state index is 0.0361. The minimum atomic E-state index is -0.0361. The molecular formula is C23H25NO. The van der Waals surface area contributed by atoms with Gasteiger partial charge < -0.3 is 5.32 Å². The van der Waals surface area contributed by atoms with E-state index in [2.05, 4.69) is 51.2 Å². The summed E-state index contributed by atoms with van der Waals surface area (Å²) >= 11 is 0. The van der Waals surface area contributed by atoms with Crippen LogP contribution in [0, 0.1) is 5.92 Å². The van der Waals surface area contributed by atoms with Crippen LogP contribution in [-0.4, -0.2) is 5.91 Å². The second kappa shape index (κ2) is 7.10. The van der Waals surface area contributed by atoms with E-state index in [1.54, 1.807) is 0 Å². The van der Waals surface area contributed by atoms with Gasteiger partial charge in [0.25, 0.3) is 5.91 Å². The largest absolute Gasteiger partial charge is 0.348 e. The van der Waals surface area contributed by atoms with E-state index >= 15 is 0 Å². The first-order chi connectivity index (χ1) is 12.0. The van der Waals surface area contributed by atoms with Gasteiger partial charge in [-0.1, -0.05) is 55.0 Å². The number of carbonyl (C=O) groups excluding carboxylic acids is 1. The summed E-state index contributed by atoms with van der Waals surface area (Å²) < 4.78 is 0. The molecule has 0 aliphatic heterocycles. The van der Waals surface area contributed by atoms with Crippen LogP contribution in [0.25, 0.3) is 5.57 Å². The Morgan fingerprint density at radius 2 is 1.56 bits per heavy atom. The fourth-order valence-electron chi connectivity index (χ4n) is 3.60. The van der Waals surface area contributed by atoms with Gasteiger partial charge in [0.05, 0.1) is 0 Å². The average Bonchev–Trinajstić information content (AvgIpc) is 2.84. The smallest absolute Gasteiger partial charge is 0.251 e. The summed E-state index contributed by atoms with van der Waals surface area (Å²) in [6.45, 7) is 9.43. The lowest BCUT2D eigenvalue weighted by atomic mass is 9.89. The molecule has 25 heavy (non-hydrogen) atoms. The maximum Gasteiger partial charge on any atom is 0.251 e. The van der Waals surface area contributed by atoms with Crippen molar-refractivity contribution in [3.63, 3.8) is 0 Å². The van der Waals surface area contributed by atoms with Crippen LogP contribution in [0.2, 0.25) is 0 Å². The SMILES string of the molecule is CC1=C(C)C(C)C(c2ccccc2CNC(=O)c2ccccc2)=C1C. The molecule has 0 bridgehead atoms. The third-order valence-corrected chi connectivity index (χ3v) is 5.42. The van der Waals surface area contributed by atoms with E-state index in [0.717, 1.165) is 5.56 Å². The van der Waals surface area contributed by atoms with Crippen molar-refractivity contribution < 1.29 is 4.79 Å². The molecule has 0 heterocycles. The Bertz CT molecular complexity index is 859. The van der Waals surface area contributed by atoms with Gasteiger partial charge in [0, 0.05) is 18.0 Å². The highest BCUT2D eigenvalue weighted by Crippen LogP contribution is 2.43. The Balaban J connectivity index is 1.85. The lowest BCUT2D eigenvalue weighted by molar-refractivity contribution is 0.0951. The van der Waals surface area contributed by atoms with Crippen LogP contribution in [0.3, 0.4) is 0 Å². The van der Waals surface area contributed by atoms with Gasteiger partial charge in [-0.25, -0.2) is 0 Å². The molecule has 1 aliphatic rings. The van der Waals surface area contributed by atoms with Crippen molar-refractivity contribution in [1.29, 1.82) is 0 Å². The van der Waals surface area contributed by atoms with Gasteiger partial charge in [-0.2, -0.15) is 0 Å². The molecule has 2 aromatic rings. The van der Waals surface area contributed by atoms with Crippen molar-refractivity contribution in [2.75, 3.05) is 0 Å². The van der Waals surface area contributed by atoms with Crippen molar-refractivity contribution in [1.82, 2.24) is 5.32 Å². The predicted molar refractivity (Wildman–Crippen MR) is 104 cm³/mol.